The first-order valence-corrected chi connectivity index (χ1v) is 13.0. The third kappa shape index (κ3) is 6.60. The van der Waals surface area contributed by atoms with Crippen LogP contribution < -0.4 is 25.8 Å². The molecule has 4 rings (SSSR count). The highest BCUT2D eigenvalue weighted by atomic mass is 35.5. The van der Waals surface area contributed by atoms with E-state index in [9.17, 15) is 19.2 Å². The van der Waals surface area contributed by atoms with Crippen molar-refractivity contribution in [3.63, 3.8) is 0 Å². The number of hydrogen-bond acceptors (Lipinski definition) is 7. The molecule has 3 heterocycles. The van der Waals surface area contributed by atoms with E-state index in [0.29, 0.717) is 33.7 Å². The van der Waals surface area contributed by atoms with Crippen LogP contribution in [0.15, 0.2) is 42.5 Å². The summed E-state index contributed by atoms with van der Waals surface area (Å²) in [5.41, 5.74) is 1.89. The van der Waals surface area contributed by atoms with Gasteiger partial charge in [0.25, 0.3) is 5.91 Å². The van der Waals surface area contributed by atoms with Crippen LogP contribution >= 0.6 is 22.9 Å². The summed E-state index contributed by atoms with van der Waals surface area (Å²) >= 11 is 7.06. The molecule has 2 fully saturated rings. The molecule has 3 N–H and O–H groups in total. The first kappa shape index (κ1) is 26.5. The van der Waals surface area contributed by atoms with Gasteiger partial charge in [0.15, 0.2) is 0 Å². The quantitative estimate of drug-likeness (QED) is 0.437. The number of rotatable bonds is 8. The molecule has 1 unspecified atom stereocenters. The number of nitrogens with zero attached hydrogens (tertiary/aromatic N) is 2. The first-order valence-electron chi connectivity index (χ1n) is 11.8. The second kappa shape index (κ2) is 11.7. The van der Waals surface area contributed by atoms with Gasteiger partial charge in [-0.1, -0.05) is 17.7 Å². The topological polar surface area (TPSA) is 120 Å². The summed E-state index contributed by atoms with van der Waals surface area (Å²) < 4.78 is 5.98. The molecule has 4 amide bonds. The van der Waals surface area contributed by atoms with Crippen molar-refractivity contribution in [3.8, 4) is 0 Å². The summed E-state index contributed by atoms with van der Waals surface area (Å²) in [4.78, 5) is 52.8. The smallest absolute Gasteiger partial charge is 0.414 e. The van der Waals surface area contributed by atoms with Crippen LogP contribution in [0.25, 0.3) is 0 Å². The molecule has 2 saturated heterocycles. The third-order valence-electron chi connectivity index (χ3n) is 5.97. The Hall–Kier alpha value is -3.57. The van der Waals surface area contributed by atoms with Crippen molar-refractivity contribution < 1.29 is 23.9 Å². The van der Waals surface area contributed by atoms with Crippen LogP contribution in [0.2, 0.25) is 4.34 Å². The molecule has 37 heavy (non-hydrogen) atoms. The Morgan fingerprint density at radius 2 is 2.03 bits per heavy atom. The van der Waals surface area contributed by atoms with E-state index in [-0.39, 0.29) is 36.9 Å². The standard InChI is InChI=1S/C25H28ClN5O5S/c1-3-4-23(33)29-19-11-17(5-6-20(19)30-10-9-16(13-30)28-15(2)32)31-14-18(36-25(31)35)12-27-24(34)21-7-8-22(26)37-21/h3-8,11,16,18H,9-10,12-14H2,1-2H3,(H,27,34)(H,28,32)(H,29,33)/b4-3+/t16?,18-/m1/s1. The van der Waals surface area contributed by atoms with Gasteiger partial charge in [0.05, 0.1) is 33.7 Å². The fourth-order valence-electron chi connectivity index (χ4n) is 4.35. The van der Waals surface area contributed by atoms with E-state index in [1.54, 1.807) is 37.3 Å². The van der Waals surface area contributed by atoms with Crippen molar-refractivity contribution in [2.45, 2.75) is 32.4 Å². The molecule has 0 saturated carbocycles. The van der Waals surface area contributed by atoms with E-state index < -0.39 is 12.2 Å². The van der Waals surface area contributed by atoms with Crippen molar-refractivity contribution in [1.29, 1.82) is 0 Å². The largest absolute Gasteiger partial charge is 0.442 e. The van der Waals surface area contributed by atoms with Gasteiger partial charge in [0.2, 0.25) is 11.8 Å². The lowest BCUT2D eigenvalue weighted by Crippen LogP contribution is -2.35. The van der Waals surface area contributed by atoms with E-state index in [1.807, 2.05) is 6.07 Å². The van der Waals surface area contributed by atoms with Gasteiger partial charge in [-0.3, -0.25) is 19.3 Å². The highest BCUT2D eigenvalue weighted by Crippen LogP contribution is 2.34. The maximum atomic E-state index is 12.7. The highest BCUT2D eigenvalue weighted by Gasteiger charge is 2.33. The van der Waals surface area contributed by atoms with Gasteiger partial charge in [-0.2, -0.15) is 0 Å². The zero-order valence-corrected chi connectivity index (χ0v) is 22.0. The molecule has 2 aliphatic rings. The summed E-state index contributed by atoms with van der Waals surface area (Å²) in [6, 6.07) is 8.68. The van der Waals surface area contributed by atoms with Crippen LogP contribution in [-0.2, 0) is 14.3 Å². The van der Waals surface area contributed by atoms with Crippen molar-refractivity contribution in [2.75, 3.05) is 41.3 Å². The first-order chi connectivity index (χ1) is 17.7. The molecule has 0 aliphatic carbocycles. The number of carbonyl (C=O) groups is 4. The number of cyclic esters (lactones) is 1. The fourth-order valence-corrected chi connectivity index (χ4v) is 5.31. The normalized spacial score (nSPS) is 19.3. The van der Waals surface area contributed by atoms with Crippen LogP contribution in [0.4, 0.5) is 21.9 Å². The lowest BCUT2D eigenvalue weighted by Gasteiger charge is -2.24. The summed E-state index contributed by atoms with van der Waals surface area (Å²) in [7, 11) is 0. The molecule has 1 aromatic heterocycles. The molecule has 0 spiro atoms. The van der Waals surface area contributed by atoms with Crippen LogP contribution in [0.3, 0.4) is 0 Å². The predicted molar refractivity (Wildman–Crippen MR) is 144 cm³/mol. The molecule has 2 atom stereocenters. The molecule has 0 radical (unpaired) electrons. The Bertz CT molecular complexity index is 1230. The number of halogens is 1. The van der Waals surface area contributed by atoms with Gasteiger partial charge >= 0.3 is 6.09 Å². The van der Waals surface area contributed by atoms with Crippen molar-refractivity contribution in [1.82, 2.24) is 10.6 Å². The molecule has 196 valence electrons. The Balaban J connectivity index is 1.47. The summed E-state index contributed by atoms with van der Waals surface area (Å²) in [6.07, 6.45) is 2.77. The number of hydrogen-bond donors (Lipinski definition) is 3. The maximum absolute atomic E-state index is 12.7. The fraction of sp³-hybridized carbons (Fsp3) is 0.360. The minimum Gasteiger partial charge on any atom is -0.442 e. The number of benzene rings is 1. The lowest BCUT2D eigenvalue weighted by atomic mass is 10.2. The molecule has 12 heteroatoms. The number of amides is 4. The maximum Gasteiger partial charge on any atom is 0.414 e. The van der Waals surface area contributed by atoms with Gasteiger partial charge < -0.3 is 25.6 Å². The van der Waals surface area contributed by atoms with E-state index in [0.717, 1.165) is 12.1 Å². The highest BCUT2D eigenvalue weighted by molar-refractivity contribution is 7.18. The van der Waals surface area contributed by atoms with Crippen LogP contribution in [-0.4, -0.2) is 62.1 Å². The number of allylic oxidation sites excluding steroid dienone is 1. The minimum atomic E-state index is -0.538. The van der Waals surface area contributed by atoms with E-state index in [2.05, 4.69) is 20.9 Å². The Labute approximate surface area is 223 Å². The number of carbonyl (C=O) groups excluding carboxylic acids is 4. The molecule has 2 aromatic rings. The monoisotopic (exact) mass is 545 g/mol. The number of nitrogens with one attached hydrogen (secondary N) is 3. The van der Waals surface area contributed by atoms with Gasteiger partial charge in [0, 0.05) is 31.7 Å². The second-order valence-electron chi connectivity index (χ2n) is 8.75. The Morgan fingerprint density at radius 3 is 2.73 bits per heavy atom. The predicted octanol–water partition coefficient (Wildman–Crippen LogP) is 3.39. The second-order valence-corrected chi connectivity index (χ2v) is 10.5. The molecule has 10 nitrogen and oxygen atoms in total. The van der Waals surface area contributed by atoms with E-state index >= 15 is 0 Å². The van der Waals surface area contributed by atoms with Gasteiger partial charge in [-0.05, 0) is 49.8 Å². The molecule has 2 aliphatic heterocycles. The van der Waals surface area contributed by atoms with E-state index in [4.69, 9.17) is 16.3 Å². The number of ether oxygens (including phenoxy) is 1. The molecular weight excluding hydrogens is 518 g/mol. The Kier molecular flexibility index (Phi) is 8.34. The van der Waals surface area contributed by atoms with E-state index in [1.165, 1.54) is 29.2 Å². The van der Waals surface area contributed by atoms with Gasteiger partial charge in [-0.25, -0.2) is 4.79 Å². The SMILES string of the molecule is C/C=C/C(=O)Nc1cc(N2C[C@@H](CNC(=O)c3ccc(Cl)s3)OC2=O)ccc1N1CCC(NC(C)=O)C1. The number of anilines is 3. The molecule has 0 bridgehead atoms. The number of thiophene rings is 1. The zero-order chi connectivity index (χ0) is 26.5. The Morgan fingerprint density at radius 1 is 1.22 bits per heavy atom. The summed E-state index contributed by atoms with van der Waals surface area (Å²) in [5, 5.41) is 8.60. The van der Waals surface area contributed by atoms with Crippen molar-refractivity contribution in [3.05, 3.63) is 51.7 Å². The van der Waals surface area contributed by atoms with Crippen LogP contribution in [0.5, 0.6) is 0 Å². The van der Waals surface area contributed by atoms with Gasteiger partial charge in [-0.15, -0.1) is 11.3 Å². The van der Waals surface area contributed by atoms with Gasteiger partial charge in [0.1, 0.15) is 6.10 Å². The van der Waals surface area contributed by atoms with Crippen LogP contribution in [0.1, 0.15) is 29.9 Å². The average Bonchev–Trinajstić information content (AvgIpc) is 3.57. The minimum absolute atomic E-state index is 0.0194. The van der Waals surface area contributed by atoms with Crippen molar-refractivity contribution in [2.24, 2.45) is 0 Å². The van der Waals surface area contributed by atoms with Crippen molar-refractivity contribution >= 4 is 63.8 Å². The van der Waals surface area contributed by atoms with Crippen LogP contribution in [0, 0.1) is 0 Å². The lowest BCUT2D eigenvalue weighted by molar-refractivity contribution is -0.119. The summed E-state index contributed by atoms with van der Waals surface area (Å²) in [5.74, 6) is -0.661. The summed E-state index contributed by atoms with van der Waals surface area (Å²) in [6.45, 7) is 4.94. The average molecular weight is 546 g/mol. The molecule has 1 aromatic carbocycles. The molecular formula is C25H28ClN5O5S. The zero-order valence-electron chi connectivity index (χ0n) is 20.5. The third-order valence-corrected chi connectivity index (χ3v) is 7.20.